The van der Waals surface area contributed by atoms with Crippen LogP contribution in [0.25, 0.3) is 0 Å². The zero-order valence-electron chi connectivity index (χ0n) is 19.0. The summed E-state index contributed by atoms with van der Waals surface area (Å²) in [6.07, 6.45) is -17.2. The summed E-state index contributed by atoms with van der Waals surface area (Å²) in [6, 6.07) is 0.900. The van der Waals surface area contributed by atoms with Crippen LogP contribution >= 0.6 is 15.6 Å². The molecule has 11 atom stereocenters. The van der Waals surface area contributed by atoms with Crippen LogP contribution in [0.2, 0.25) is 0 Å². The number of H-pyrrole nitrogens is 1. The molecular formula is C15H23N2O19P2S-. The second kappa shape index (κ2) is 11.8. The van der Waals surface area contributed by atoms with E-state index in [2.05, 4.69) is 13.4 Å². The Labute approximate surface area is 216 Å². The van der Waals surface area contributed by atoms with Gasteiger partial charge in [0.2, 0.25) is 0 Å². The van der Waals surface area contributed by atoms with Gasteiger partial charge in [-0.1, -0.05) is 0 Å². The van der Waals surface area contributed by atoms with E-state index in [1.807, 2.05) is 4.98 Å². The molecule has 2 unspecified atom stereocenters. The molecule has 224 valence electrons. The Bertz CT molecular complexity index is 1350. The van der Waals surface area contributed by atoms with E-state index in [9.17, 15) is 67.0 Å². The number of nitrogens with zero attached hydrogens (tertiary/aromatic N) is 1. The smallest absolute Gasteiger partial charge is 0.483 e. The number of aliphatic hydroxyl groups excluding tert-OH is 5. The fourth-order valence-electron chi connectivity index (χ4n) is 3.54. The molecule has 39 heavy (non-hydrogen) atoms. The Hall–Kier alpha value is -1.43. The highest BCUT2D eigenvalue weighted by Crippen LogP contribution is 2.61. The molecule has 1 aromatic rings. The van der Waals surface area contributed by atoms with Gasteiger partial charge >= 0.3 is 21.3 Å². The minimum atomic E-state index is -5.78. The largest absolute Gasteiger partial charge is 0.748 e. The number of aromatic amines is 1. The minimum Gasteiger partial charge on any atom is -0.748 e. The lowest BCUT2D eigenvalue weighted by molar-refractivity contribution is -0.270. The molecule has 3 rings (SSSR count). The van der Waals surface area contributed by atoms with Crippen molar-refractivity contribution >= 4 is 25.8 Å². The van der Waals surface area contributed by atoms with Gasteiger partial charge in [-0.2, -0.15) is 4.31 Å². The molecule has 2 aliphatic heterocycles. The molecule has 0 radical (unpaired) electrons. The van der Waals surface area contributed by atoms with E-state index in [1.54, 1.807) is 0 Å². The van der Waals surface area contributed by atoms with Crippen molar-refractivity contribution < 1.29 is 80.3 Å². The van der Waals surface area contributed by atoms with Crippen molar-refractivity contribution in [2.45, 2.75) is 55.2 Å². The van der Waals surface area contributed by atoms with Gasteiger partial charge in [-0.15, -0.1) is 0 Å². The van der Waals surface area contributed by atoms with Gasteiger partial charge in [-0.05, 0) is 0 Å². The van der Waals surface area contributed by atoms with Gasteiger partial charge in [0, 0.05) is 12.3 Å². The first-order valence-corrected chi connectivity index (χ1v) is 15.0. The van der Waals surface area contributed by atoms with E-state index in [1.165, 1.54) is 0 Å². The molecular weight excluding hydrogens is 606 g/mol. The predicted molar refractivity (Wildman–Crippen MR) is 116 cm³/mol. The Morgan fingerprint density at radius 2 is 1.56 bits per heavy atom. The molecule has 0 saturated carbocycles. The van der Waals surface area contributed by atoms with E-state index >= 15 is 0 Å². The summed E-state index contributed by atoms with van der Waals surface area (Å²) in [4.78, 5) is 44.6. The molecule has 24 heteroatoms. The van der Waals surface area contributed by atoms with Crippen LogP contribution in [0.5, 0.6) is 0 Å². The van der Waals surface area contributed by atoms with Gasteiger partial charge in [0.15, 0.2) is 12.5 Å². The van der Waals surface area contributed by atoms with Gasteiger partial charge < -0.3 is 49.3 Å². The van der Waals surface area contributed by atoms with E-state index < -0.39 is 105 Å². The highest BCUT2D eigenvalue weighted by molar-refractivity contribution is 7.85. The number of aliphatic hydroxyl groups is 5. The second-order valence-corrected chi connectivity index (χ2v) is 12.7. The molecule has 2 saturated heterocycles. The van der Waals surface area contributed by atoms with E-state index in [4.69, 9.17) is 9.47 Å². The molecule has 0 aliphatic carbocycles. The number of aromatic nitrogens is 2. The van der Waals surface area contributed by atoms with Crippen LogP contribution in [0.1, 0.15) is 6.23 Å². The van der Waals surface area contributed by atoms with Crippen molar-refractivity contribution in [2.75, 3.05) is 12.4 Å². The Morgan fingerprint density at radius 1 is 0.949 bits per heavy atom. The number of rotatable bonds is 10. The number of phosphoric acid groups is 2. The summed E-state index contributed by atoms with van der Waals surface area (Å²) in [5.74, 6) is -1.46. The van der Waals surface area contributed by atoms with Gasteiger partial charge in [-0.3, -0.25) is 23.4 Å². The Balaban J connectivity index is 1.63. The lowest BCUT2D eigenvalue weighted by Crippen LogP contribution is -2.59. The lowest BCUT2D eigenvalue weighted by Gasteiger charge is -2.40. The minimum absolute atomic E-state index is 0.687. The normalized spacial score (nSPS) is 36.8. The maximum atomic E-state index is 12.2. The summed E-state index contributed by atoms with van der Waals surface area (Å²) < 4.78 is 80.7. The van der Waals surface area contributed by atoms with Crippen LogP contribution in [0, 0.1) is 0 Å². The van der Waals surface area contributed by atoms with Gasteiger partial charge in [0.05, 0.1) is 22.5 Å². The third-order valence-electron chi connectivity index (χ3n) is 5.34. The first kappa shape index (κ1) is 32.1. The first-order chi connectivity index (χ1) is 17.8. The number of hydrogen-bond acceptors (Lipinski definition) is 17. The van der Waals surface area contributed by atoms with Crippen molar-refractivity contribution in [2.24, 2.45) is 0 Å². The number of nitrogens with one attached hydrogen (secondary N) is 1. The highest BCUT2D eigenvalue weighted by Gasteiger charge is 2.50. The van der Waals surface area contributed by atoms with E-state index in [0.29, 0.717) is 4.57 Å². The molecule has 1 aromatic heterocycles. The van der Waals surface area contributed by atoms with Gasteiger partial charge in [0.25, 0.3) is 5.56 Å². The third kappa shape index (κ3) is 8.07. The number of phosphoric ester groups is 2. The predicted octanol–water partition coefficient (Wildman–Crippen LogP) is -5.24. The van der Waals surface area contributed by atoms with Crippen LogP contribution in [-0.2, 0) is 42.1 Å². The zero-order valence-corrected chi connectivity index (χ0v) is 21.6. The van der Waals surface area contributed by atoms with Crippen LogP contribution < -0.4 is 11.2 Å². The highest BCUT2D eigenvalue weighted by atomic mass is 32.2. The average Bonchev–Trinajstić information content (AvgIpc) is 3.06. The average molecular weight is 629 g/mol. The molecule has 0 spiro atoms. The summed E-state index contributed by atoms with van der Waals surface area (Å²) in [5.41, 5.74) is -1.81. The molecule has 0 bridgehead atoms. The maximum absolute atomic E-state index is 12.2. The van der Waals surface area contributed by atoms with Crippen molar-refractivity contribution in [1.29, 1.82) is 0 Å². The van der Waals surface area contributed by atoms with Gasteiger partial charge in [0.1, 0.15) is 42.7 Å². The monoisotopic (exact) mass is 629 g/mol. The van der Waals surface area contributed by atoms with Crippen molar-refractivity contribution in [3.05, 3.63) is 33.1 Å². The molecule has 8 N–H and O–H groups in total. The third-order valence-corrected chi connectivity index (χ3v) is 8.68. The van der Waals surface area contributed by atoms with Crippen molar-refractivity contribution in [3.8, 4) is 0 Å². The first-order valence-electron chi connectivity index (χ1n) is 10.5. The molecule has 0 aromatic carbocycles. The lowest BCUT2D eigenvalue weighted by atomic mass is 10.0. The molecule has 21 nitrogen and oxygen atoms in total. The zero-order chi connectivity index (χ0) is 29.5. The molecule has 3 heterocycles. The van der Waals surface area contributed by atoms with Crippen LogP contribution in [-0.4, -0.2) is 119 Å². The Morgan fingerprint density at radius 3 is 2.15 bits per heavy atom. The topological polar surface area (TPSA) is 334 Å². The van der Waals surface area contributed by atoms with Crippen LogP contribution in [0.4, 0.5) is 0 Å². The summed E-state index contributed by atoms with van der Waals surface area (Å²) in [5, 5.41) is 49.7. The molecule has 2 aliphatic rings. The van der Waals surface area contributed by atoms with Crippen LogP contribution in [0.3, 0.4) is 0 Å². The fraction of sp³-hybridized carbons (Fsp3) is 0.733. The SMILES string of the molecule is O=c1ccn([C@@H]2O[C@H](COP(=O)(O)OP(=O)(O)O[C@H]3O[C@H](CS(=O)(=O)[O-])[C@@H](O)[C@H](O)[C@H]3O)[C@@H](O)[C@H]2O)c(=O)[nH]1. The molecule has 2 fully saturated rings. The standard InChI is InChI=1S/C15H24N2O19P2S/c18-7-1-2-17(15(24)16-7)13-11(22)8(19)5(33-13)3-32-37(25,26)36-38(27,28)35-14-12(23)10(21)9(20)6(34-14)4-39(29,30)31/h1-2,5-6,8-14,19-23H,3-4H2,(H,25,26)(H,27,28)(H,16,18,24)(H,29,30,31)/p-1/t5-,6-,8-,9-,10+,11-,12-,13-,14-/m1/s1. The number of hydrogen-bond donors (Lipinski definition) is 8. The Kier molecular flexibility index (Phi) is 9.72. The van der Waals surface area contributed by atoms with Gasteiger partial charge in [-0.25, -0.2) is 22.3 Å². The quantitative estimate of drug-likeness (QED) is 0.0885. The van der Waals surface area contributed by atoms with E-state index in [0.717, 1.165) is 12.3 Å². The fourth-order valence-corrected chi connectivity index (χ4v) is 6.38. The second-order valence-electron chi connectivity index (χ2n) is 8.22. The molecule has 0 amide bonds. The van der Waals surface area contributed by atoms with Crippen molar-refractivity contribution in [1.82, 2.24) is 9.55 Å². The summed E-state index contributed by atoms with van der Waals surface area (Å²) >= 11 is 0. The van der Waals surface area contributed by atoms with E-state index in [-0.39, 0.29) is 0 Å². The van der Waals surface area contributed by atoms with Crippen LogP contribution in [0.15, 0.2) is 21.9 Å². The summed E-state index contributed by atoms with van der Waals surface area (Å²) in [7, 11) is -16.5. The maximum Gasteiger partial charge on any atom is 0.483 e. The number of ether oxygens (including phenoxy) is 2. The van der Waals surface area contributed by atoms with Crippen molar-refractivity contribution in [3.63, 3.8) is 0 Å². The summed E-state index contributed by atoms with van der Waals surface area (Å²) in [6.45, 7) is -1.10.